The molecule has 2 amide bonds. The van der Waals surface area contributed by atoms with Gasteiger partial charge in [0.25, 0.3) is 10.0 Å². The molecular formula is C31H39N3O4S. The fourth-order valence-corrected chi connectivity index (χ4v) is 5.90. The minimum atomic E-state index is -4.06. The van der Waals surface area contributed by atoms with Gasteiger partial charge in [0.05, 0.1) is 10.6 Å². The summed E-state index contributed by atoms with van der Waals surface area (Å²) in [5.74, 6) is -0.410. The first-order chi connectivity index (χ1) is 18.7. The zero-order valence-electron chi connectivity index (χ0n) is 23.2. The van der Waals surface area contributed by atoms with Crippen molar-refractivity contribution in [2.75, 3.05) is 23.9 Å². The predicted molar refractivity (Wildman–Crippen MR) is 156 cm³/mol. The molecule has 3 rings (SSSR count). The molecule has 39 heavy (non-hydrogen) atoms. The van der Waals surface area contributed by atoms with Crippen LogP contribution in [0.2, 0.25) is 0 Å². The zero-order valence-corrected chi connectivity index (χ0v) is 24.0. The molecule has 0 saturated heterocycles. The average Bonchev–Trinajstić information content (AvgIpc) is 2.95. The number of nitrogens with zero attached hydrogens (tertiary/aromatic N) is 2. The second kappa shape index (κ2) is 13.9. The molecule has 8 heteroatoms. The number of rotatable bonds is 13. The number of carbonyl (C=O) groups excluding carboxylic acids is 2. The minimum absolute atomic E-state index is 0.0948. The number of sulfonamides is 1. The lowest BCUT2D eigenvalue weighted by molar-refractivity contribution is -0.139. The van der Waals surface area contributed by atoms with E-state index in [0.717, 1.165) is 15.4 Å². The molecule has 0 aromatic heterocycles. The third-order valence-corrected chi connectivity index (χ3v) is 8.47. The monoisotopic (exact) mass is 549 g/mol. The first-order valence-electron chi connectivity index (χ1n) is 13.5. The molecule has 208 valence electrons. The van der Waals surface area contributed by atoms with Crippen molar-refractivity contribution in [2.24, 2.45) is 0 Å². The Kier molecular flexibility index (Phi) is 10.7. The topological polar surface area (TPSA) is 86.8 Å². The highest BCUT2D eigenvalue weighted by atomic mass is 32.2. The number of likely N-dealkylation sites (N-methyl/N-ethyl adjacent to an activating group) is 1. The standard InChI is InChI=1S/C31H39N3O4S/c1-5-29(31(36)32-6-2)33(22-21-25-13-9-7-10-14-25)30(35)23-34(27-19-17-26(18-20-27)24(3)4)39(37,38)28-15-11-8-12-16-28/h7-20,24,29H,5-6,21-23H2,1-4H3,(H,32,36)/t29-/m0/s1. The van der Waals surface area contributed by atoms with Gasteiger partial charge in [0.2, 0.25) is 11.8 Å². The number of benzene rings is 3. The molecule has 0 unspecified atom stereocenters. The Morgan fingerprint density at radius 2 is 1.44 bits per heavy atom. The zero-order chi connectivity index (χ0) is 28.4. The second-order valence-electron chi connectivity index (χ2n) is 9.71. The van der Waals surface area contributed by atoms with E-state index < -0.39 is 28.5 Å². The fourth-order valence-electron chi connectivity index (χ4n) is 4.46. The van der Waals surface area contributed by atoms with Crippen LogP contribution in [0.4, 0.5) is 5.69 Å². The Hall–Kier alpha value is -3.65. The van der Waals surface area contributed by atoms with Crippen LogP contribution in [0.1, 0.15) is 51.2 Å². The van der Waals surface area contributed by atoms with E-state index in [1.807, 2.05) is 56.3 Å². The highest BCUT2D eigenvalue weighted by molar-refractivity contribution is 7.92. The summed E-state index contributed by atoms with van der Waals surface area (Å²) in [5.41, 5.74) is 2.48. The van der Waals surface area contributed by atoms with Gasteiger partial charge >= 0.3 is 0 Å². The molecule has 0 aliphatic carbocycles. The SMILES string of the molecule is CCNC(=O)[C@H](CC)N(CCc1ccccc1)C(=O)CN(c1ccc(C(C)C)cc1)S(=O)(=O)c1ccccc1. The van der Waals surface area contributed by atoms with Gasteiger partial charge in [-0.15, -0.1) is 0 Å². The molecule has 0 bridgehead atoms. The van der Waals surface area contributed by atoms with Gasteiger partial charge in [-0.25, -0.2) is 8.42 Å². The highest BCUT2D eigenvalue weighted by Crippen LogP contribution is 2.26. The van der Waals surface area contributed by atoms with Crippen LogP contribution in [-0.4, -0.2) is 50.8 Å². The Bertz CT molecular complexity index is 1310. The van der Waals surface area contributed by atoms with Crippen molar-refractivity contribution in [3.63, 3.8) is 0 Å². The van der Waals surface area contributed by atoms with E-state index in [1.165, 1.54) is 17.0 Å². The predicted octanol–water partition coefficient (Wildman–Crippen LogP) is 4.99. The van der Waals surface area contributed by atoms with Crippen molar-refractivity contribution in [1.29, 1.82) is 0 Å². The van der Waals surface area contributed by atoms with E-state index in [-0.39, 0.29) is 23.3 Å². The Balaban J connectivity index is 2.00. The summed E-state index contributed by atoms with van der Waals surface area (Å²) in [6.07, 6.45) is 0.942. The molecule has 0 heterocycles. The van der Waals surface area contributed by atoms with E-state index >= 15 is 0 Å². The lowest BCUT2D eigenvalue weighted by Gasteiger charge is -2.33. The molecule has 0 spiro atoms. The summed E-state index contributed by atoms with van der Waals surface area (Å²) < 4.78 is 28.8. The third kappa shape index (κ3) is 7.69. The van der Waals surface area contributed by atoms with Crippen molar-refractivity contribution in [3.8, 4) is 0 Å². The molecular weight excluding hydrogens is 510 g/mol. The summed E-state index contributed by atoms with van der Waals surface area (Å²) in [5, 5.41) is 2.82. The maximum absolute atomic E-state index is 14.0. The summed E-state index contributed by atoms with van der Waals surface area (Å²) in [7, 11) is -4.06. The summed E-state index contributed by atoms with van der Waals surface area (Å²) in [4.78, 5) is 28.5. The van der Waals surface area contributed by atoms with E-state index in [0.29, 0.717) is 25.1 Å². The fraction of sp³-hybridized carbons (Fsp3) is 0.355. The largest absolute Gasteiger partial charge is 0.355 e. The maximum atomic E-state index is 14.0. The average molecular weight is 550 g/mol. The van der Waals surface area contributed by atoms with E-state index in [4.69, 9.17) is 0 Å². The molecule has 1 N–H and O–H groups in total. The van der Waals surface area contributed by atoms with Crippen molar-refractivity contribution in [1.82, 2.24) is 10.2 Å². The quantitative estimate of drug-likeness (QED) is 0.325. The molecule has 3 aromatic rings. The lowest BCUT2D eigenvalue weighted by Crippen LogP contribution is -2.53. The van der Waals surface area contributed by atoms with Crippen molar-refractivity contribution in [2.45, 2.75) is 57.4 Å². The number of carbonyl (C=O) groups is 2. The summed E-state index contributed by atoms with van der Waals surface area (Å²) in [6, 6.07) is 24.3. The molecule has 0 aliphatic heterocycles. The molecule has 1 atom stereocenters. The van der Waals surface area contributed by atoms with E-state index in [2.05, 4.69) is 19.2 Å². The molecule has 0 fully saturated rings. The molecule has 0 radical (unpaired) electrons. The molecule has 3 aromatic carbocycles. The second-order valence-corrected chi connectivity index (χ2v) is 11.6. The maximum Gasteiger partial charge on any atom is 0.264 e. The molecule has 0 saturated carbocycles. The smallest absolute Gasteiger partial charge is 0.264 e. The van der Waals surface area contributed by atoms with Gasteiger partial charge < -0.3 is 10.2 Å². The normalized spacial score (nSPS) is 12.1. The van der Waals surface area contributed by atoms with Gasteiger partial charge in [-0.05, 0) is 61.1 Å². The van der Waals surface area contributed by atoms with Crippen LogP contribution in [0.5, 0.6) is 0 Å². The Labute approximate surface area is 232 Å². The number of amides is 2. The highest BCUT2D eigenvalue weighted by Gasteiger charge is 2.33. The van der Waals surface area contributed by atoms with Crippen molar-refractivity contribution in [3.05, 3.63) is 96.1 Å². The van der Waals surface area contributed by atoms with Gasteiger partial charge in [-0.1, -0.05) is 81.4 Å². The van der Waals surface area contributed by atoms with Crippen LogP contribution < -0.4 is 9.62 Å². The van der Waals surface area contributed by atoms with Crippen LogP contribution in [0, 0.1) is 0 Å². The number of hydrogen-bond acceptors (Lipinski definition) is 4. The van der Waals surface area contributed by atoms with Crippen LogP contribution in [0.15, 0.2) is 89.8 Å². The van der Waals surface area contributed by atoms with Gasteiger partial charge in [-0.3, -0.25) is 13.9 Å². The van der Waals surface area contributed by atoms with Crippen LogP contribution >= 0.6 is 0 Å². The number of nitrogens with one attached hydrogen (secondary N) is 1. The first kappa shape index (κ1) is 29.9. The summed E-state index contributed by atoms with van der Waals surface area (Å²) in [6.45, 7) is 8.10. The third-order valence-electron chi connectivity index (χ3n) is 6.68. The van der Waals surface area contributed by atoms with Gasteiger partial charge in [0.15, 0.2) is 0 Å². The van der Waals surface area contributed by atoms with E-state index in [1.54, 1.807) is 30.3 Å². The summed E-state index contributed by atoms with van der Waals surface area (Å²) >= 11 is 0. The van der Waals surface area contributed by atoms with Crippen LogP contribution in [-0.2, 0) is 26.0 Å². The Morgan fingerprint density at radius 3 is 1.97 bits per heavy atom. The van der Waals surface area contributed by atoms with Gasteiger partial charge in [0.1, 0.15) is 12.6 Å². The van der Waals surface area contributed by atoms with Crippen LogP contribution in [0.3, 0.4) is 0 Å². The van der Waals surface area contributed by atoms with Gasteiger partial charge in [-0.2, -0.15) is 0 Å². The minimum Gasteiger partial charge on any atom is -0.355 e. The van der Waals surface area contributed by atoms with E-state index in [9.17, 15) is 18.0 Å². The lowest BCUT2D eigenvalue weighted by atomic mass is 10.0. The van der Waals surface area contributed by atoms with Crippen molar-refractivity contribution < 1.29 is 18.0 Å². The van der Waals surface area contributed by atoms with Crippen molar-refractivity contribution >= 4 is 27.5 Å². The molecule has 7 nitrogen and oxygen atoms in total. The number of anilines is 1. The Morgan fingerprint density at radius 1 is 0.846 bits per heavy atom. The first-order valence-corrected chi connectivity index (χ1v) is 14.9. The van der Waals surface area contributed by atoms with Gasteiger partial charge in [0, 0.05) is 13.1 Å². The van der Waals surface area contributed by atoms with Crippen LogP contribution in [0.25, 0.3) is 0 Å². The number of hydrogen-bond donors (Lipinski definition) is 1. The molecule has 0 aliphatic rings.